The van der Waals surface area contributed by atoms with E-state index >= 15 is 0 Å². The van der Waals surface area contributed by atoms with Crippen molar-refractivity contribution in [3.63, 3.8) is 0 Å². The average molecular weight is 217 g/mol. The lowest BCUT2D eigenvalue weighted by atomic mass is 9.79. The van der Waals surface area contributed by atoms with E-state index in [0.717, 1.165) is 5.76 Å². The average Bonchev–Trinajstić information content (AvgIpc) is 3.00. The molecule has 0 spiro atoms. The first-order valence-corrected chi connectivity index (χ1v) is 6.04. The SMILES string of the molecule is c1coc(C2NN=C3C4CCN(CC4)C32)c1. The van der Waals surface area contributed by atoms with Crippen LogP contribution in [0.5, 0.6) is 0 Å². The fourth-order valence-electron chi connectivity index (χ4n) is 3.34. The molecule has 3 fully saturated rings. The van der Waals surface area contributed by atoms with Crippen molar-refractivity contribution in [1.82, 2.24) is 10.3 Å². The molecule has 1 N–H and O–H groups in total. The van der Waals surface area contributed by atoms with Crippen LogP contribution in [0.4, 0.5) is 0 Å². The van der Waals surface area contributed by atoms with Crippen molar-refractivity contribution in [2.24, 2.45) is 11.0 Å². The molecule has 0 aromatic carbocycles. The number of hydrazone groups is 1. The van der Waals surface area contributed by atoms with Gasteiger partial charge in [-0.2, -0.15) is 5.10 Å². The summed E-state index contributed by atoms with van der Waals surface area (Å²) in [6.45, 7) is 2.43. The molecule has 0 aliphatic carbocycles. The van der Waals surface area contributed by atoms with E-state index < -0.39 is 0 Å². The van der Waals surface area contributed by atoms with Gasteiger partial charge in [0.1, 0.15) is 11.8 Å². The second-order valence-corrected chi connectivity index (χ2v) is 4.91. The topological polar surface area (TPSA) is 40.8 Å². The molecule has 0 saturated carbocycles. The first kappa shape index (κ1) is 8.82. The van der Waals surface area contributed by atoms with Crippen LogP contribution < -0.4 is 5.43 Å². The van der Waals surface area contributed by atoms with Crippen LogP contribution in [0, 0.1) is 5.92 Å². The van der Waals surface area contributed by atoms with Gasteiger partial charge >= 0.3 is 0 Å². The van der Waals surface area contributed by atoms with Crippen LogP contribution in [0.15, 0.2) is 27.9 Å². The fourth-order valence-corrected chi connectivity index (χ4v) is 3.34. The molecule has 0 amide bonds. The number of hydrogen-bond donors (Lipinski definition) is 1. The predicted molar refractivity (Wildman–Crippen MR) is 60.1 cm³/mol. The Morgan fingerprint density at radius 2 is 2.25 bits per heavy atom. The van der Waals surface area contributed by atoms with E-state index in [1.165, 1.54) is 31.6 Å². The number of hydrogen-bond acceptors (Lipinski definition) is 4. The minimum atomic E-state index is 0.230. The number of furan rings is 1. The van der Waals surface area contributed by atoms with Crippen molar-refractivity contribution >= 4 is 5.71 Å². The molecule has 84 valence electrons. The summed E-state index contributed by atoms with van der Waals surface area (Å²) >= 11 is 0. The number of nitrogens with one attached hydrogen (secondary N) is 1. The Morgan fingerprint density at radius 3 is 3.00 bits per heavy atom. The molecular formula is C12H15N3O. The third-order valence-corrected chi connectivity index (χ3v) is 4.14. The summed E-state index contributed by atoms with van der Waals surface area (Å²) in [5.74, 6) is 1.72. The maximum absolute atomic E-state index is 5.51. The quantitative estimate of drug-likeness (QED) is 0.772. The Balaban J connectivity index is 1.71. The zero-order valence-electron chi connectivity index (χ0n) is 9.10. The van der Waals surface area contributed by atoms with Crippen molar-refractivity contribution in [3.05, 3.63) is 24.2 Å². The Hall–Kier alpha value is -1.29. The molecule has 4 nitrogen and oxygen atoms in total. The van der Waals surface area contributed by atoms with Gasteiger partial charge in [0.05, 0.1) is 18.0 Å². The smallest absolute Gasteiger partial charge is 0.129 e. The molecule has 5 rings (SSSR count). The Labute approximate surface area is 94.3 Å². The summed E-state index contributed by atoms with van der Waals surface area (Å²) < 4.78 is 5.51. The van der Waals surface area contributed by atoms with Crippen LogP contribution in [0.3, 0.4) is 0 Å². The second kappa shape index (κ2) is 3.10. The predicted octanol–water partition coefficient (Wildman–Crippen LogP) is 1.37. The van der Waals surface area contributed by atoms with E-state index in [1.807, 2.05) is 12.1 Å². The highest BCUT2D eigenvalue weighted by molar-refractivity contribution is 5.95. The van der Waals surface area contributed by atoms with Gasteiger partial charge in [-0.1, -0.05) is 0 Å². The van der Waals surface area contributed by atoms with Gasteiger partial charge in [0.25, 0.3) is 0 Å². The molecule has 5 heterocycles. The zero-order chi connectivity index (χ0) is 10.5. The molecule has 2 atom stereocenters. The van der Waals surface area contributed by atoms with Gasteiger partial charge in [0.15, 0.2) is 0 Å². The number of rotatable bonds is 1. The number of fused-ring (bicyclic) bond motifs is 2. The van der Waals surface area contributed by atoms with Crippen LogP contribution in [0.1, 0.15) is 24.6 Å². The maximum atomic E-state index is 5.51. The van der Waals surface area contributed by atoms with Crippen molar-refractivity contribution in [3.8, 4) is 0 Å². The Morgan fingerprint density at radius 1 is 1.38 bits per heavy atom. The minimum Gasteiger partial charge on any atom is -0.467 e. The minimum absolute atomic E-state index is 0.230. The molecule has 0 radical (unpaired) electrons. The van der Waals surface area contributed by atoms with Crippen LogP contribution in [-0.2, 0) is 0 Å². The van der Waals surface area contributed by atoms with Crippen molar-refractivity contribution < 1.29 is 4.42 Å². The molecule has 2 unspecified atom stereocenters. The highest BCUT2D eigenvalue weighted by atomic mass is 16.3. The highest BCUT2D eigenvalue weighted by Gasteiger charge is 2.47. The second-order valence-electron chi connectivity index (χ2n) is 4.91. The van der Waals surface area contributed by atoms with Crippen LogP contribution in [-0.4, -0.2) is 29.7 Å². The first-order chi connectivity index (χ1) is 7.93. The molecule has 4 heteroatoms. The largest absolute Gasteiger partial charge is 0.467 e. The lowest BCUT2D eigenvalue weighted by Gasteiger charge is -2.45. The van der Waals surface area contributed by atoms with Crippen LogP contribution in [0.25, 0.3) is 0 Å². The van der Waals surface area contributed by atoms with Crippen molar-refractivity contribution in [2.75, 3.05) is 13.1 Å². The summed E-state index contributed by atoms with van der Waals surface area (Å²) in [5, 5.41) is 4.54. The number of nitrogens with zero attached hydrogens (tertiary/aromatic N) is 2. The van der Waals surface area contributed by atoms with E-state index in [0.29, 0.717) is 12.0 Å². The molecule has 16 heavy (non-hydrogen) atoms. The van der Waals surface area contributed by atoms with Gasteiger partial charge in [-0.05, 0) is 38.1 Å². The zero-order valence-corrected chi connectivity index (χ0v) is 9.10. The third-order valence-electron chi connectivity index (χ3n) is 4.14. The van der Waals surface area contributed by atoms with Gasteiger partial charge in [-0.3, -0.25) is 10.3 Å². The summed E-state index contributed by atoms with van der Waals surface area (Å²) in [4.78, 5) is 2.55. The molecule has 1 aromatic rings. The Bertz CT molecular complexity index is 417. The normalized spacial score (nSPS) is 40.4. The molecule has 1 aromatic heterocycles. The maximum Gasteiger partial charge on any atom is 0.129 e. The van der Waals surface area contributed by atoms with E-state index in [2.05, 4.69) is 15.4 Å². The highest BCUT2D eigenvalue weighted by Crippen LogP contribution is 2.38. The van der Waals surface area contributed by atoms with Crippen LogP contribution in [0.2, 0.25) is 0 Å². The van der Waals surface area contributed by atoms with E-state index in [4.69, 9.17) is 4.42 Å². The molecule has 4 aliphatic heterocycles. The summed E-state index contributed by atoms with van der Waals surface area (Å²) in [6.07, 6.45) is 4.30. The van der Waals surface area contributed by atoms with E-state index in [9.17, 15) is 0 Å². The molecule has 2 bridgehead atoms. The third kappa shape index (κ3) is 1.05. The van der Waals surface area contributed by atoms with Gasteiger partial charge in [0.2, 0.25) is 0 Å². The summed E-state index contributed by atoms with van der Waals surface area (Å²) in [5.41, 5.74) is 4.61. The van der Waals surface area contributed by atoms with Crippen molar-refractivity contribution in [1.29, 1.82) is 0 Å². The fraction of sp³-hybridized carbons (Fsp3) is 0.583. The van der Waals surface area contributed by atoms with Crippen molar-refractivity contribution in [2.45, 2.75) is 24.9 Å². The van der Waals surface area contributed by atoms with Gasteiger partial charge in [0, 0.05) is 5.92 Å². The van der Waals surface area contributed by atoms with E-state index in [-0.39, 0.29) is 6.04 Å². The monoisotopic (exact) mass is 217 g/mol. The lowest BCUT2D eigenvalue weighted by molar-refractivity contribution is 0.128. The van der Waals surface area contributed by atoms with E-state index in [1.54, 1.807) is 6.26 Å². The lowest BCUT2D eigenvalue weighted by Crippen LogP contribution is -2.56. The molecule has 3 saturated heterocycles. The summed E-state index contributed by atoms with van der Waals surface area (Å²) in [6, 6.07) is 4.66. The van der Waals surface area contributed by atoms with Gasteiger partial charge in [-0.15, -0.1) is 0 Å². The summed E-state index contributed by atoms with van der Waals surface area (Å²) in [7, 11) is 0. The standard InChI is InChI=1S/C12H15N3O/c1-2-9(16-7-1)11-12-10(13-14-11)8-3-5-15(12)6-4-8/h1-2,7-8,11-12,14H,3-6H2. The molecule has 4 aliphatic rings. The Kier molecular flexibility index (Phi) is 1.71. The van der Waals surface area contributed by atoms with Crippen LogP contribution >= 0.6 is 0 Å². The molecular weight excluding hydrogens is 202 g/mol. The number of piperidine rings is 3. The van der Waals surface area contributed by atoms with Gasteiger partial charge in [-0.25, -0.2) is 0 Å². The van der Waals surface area contributed by atoms with Gasteiger partial charge < -0.3 is 4.42 Å². The first-order valence-electron chi connectivity index (χ1n) is 6.04.